The van der Waals surface area contributed by atoms with E-state index in [0.29, 0.717) is 18.1 Å². The van der Waals surface area contributed by atoms with Gasteiger partial charge in [0.2, 0.25) is 0 Å². The highest BCUT2D eigenvalue weighted by Gasteiger charge is 2.76. The van der Waals surface area contributed by atoms with Crippen LogP contribution >= 0.6 is 0 Å². The molecule has 5 unspecified atom stereocenters. The maximum atomic E-state index is 12.7. The Bertz CT molecular complexity index is 463. The summed E-state index contributed by atoms with van der Waals surface area (Å²) in [6.07, 6.45) is 6.50. The van der Waals surface area contributed by atoms with Gasteiger partial charge in [-0.25, -0.2) is 4.79 Å². The topological polar surface area (TPSA) is 51.4 Å². The minimum absolute atomic E-state index is 0.131. The molecule has 4 rings (SSSR count). The summed E-state index contributed by atoms with van der Waals surface area (Å²) in [6.45, 7) is 6.30. The van der Waals surface area contributed by atoms with Crippen molar-refractivity contribution in [2.45, 2.75) is 88.3 Å². The maximum Gasteiger partial charge on any atom is 0.342 e. The first-order chi connectivity index (χ1) is 9.39. The standard InChI is InChI=1S/C16H24O4/c1-10-5-4-7-16(15(10,3)20-16)13(17)19-14(2)8-6-11-12(9-14)18-11/h10-12H,4-9H2,1-3H3/t10?,11?,12?,14?,15?,16-/m1/s1. The van der Waals surface area contributed by atoms with Gasteiger partial charge in [-0.15, -0.1) is 0 Å². The second-order valence-corrected chi connectivity index (χ2v) is 7.62. The third-order valence-corrected chi connectivity index (χ3v) is 6.20. The molecule has 0 aromatic heterocycles. The molecule has 20 heavy (non-hydrogen) atoms. The molecule has 0 spiro atoms. The van der Waals surface area contributed by atoms with Gasteiger partial charge in [0.1, 0.15) is 11.2 Å². The fourth-order valence-electron chi connectivity index (χ4n) is 4.40. The van der Waals surface area contributed by atoms with Crippen molar-refractivity contribution in [1.82, 2.24) is 0 Å². The Morgan fingerprint density at radius 1 is 1.20 bits per heavy atom. The van der Waals surface area contributed by atoms with Crippen molar-refractivity contribution in [3.8, 4) is 0 Å². The van der Waals surface area contributed by atoms with Crippen molar-refractivity contribution >= 4 is 5.97 Å². The molecule has 6 atom stereocenters. The molecule has 2 aliphatic heterocycles. The second kappa shape index (κ2) is 3.77. The zero-order chi connectivity index (χ0) is 14.2. The monoisotopic (exact) mass is 280 g/mol. The third-order valence-electron chi connectivity index (χ3n) is 6.20. The summed E-state index contributed by atoms with van der Waals surface area (Å²) >= 11 is 0. The lowest BCUT2D eigenvalue weighted by atomic mass is 9.74. The molecule has 4 aliphatic rings. The fraction of sp³-hybridized carbons (Fsp3) is 0.938. The van der Waals surface area contributed by atoms with Crippen molar-refractivity contribution in [3.05, 3.63) is 0 Å². The first kappa shape index (κ1) is 13.1. The summed E-state index contributed by atoms with van der Waals surface area (Å²) in [4.78, 5) is 12.7. The molecule has 2 heterocycles. The Kier molecular flexibility index (Phi) is 2.47. The van der Waals surface area contributed by atoms with Crippen LogP contribution in [0.3, 0.4) is 0 Å². The highest BCUT2D eigenvalue weighted by Crippen LogP contribution is 2.61. The van der Waals surface area contributed by atoms with E-state index in [0.717, 1.165) is 38.5 Å². The number of fused-ring (bicyclic) bond motifs is 2. The van der Waals surface area contributed by atoms with E-state index in [-0.39, 0.29) is 17.2 Å². The molecule has 2 saturated carbocycles. The molecule has 2 saturated heterocycles. The minimum atomic E-state index is -0.658. The van der Waals surface area contributed by atoms with E-state index in [1.54, 1.807) is 0 Å². The average molecular weight is 280 g/mol. The summed E-state index contributed by atoms with van der Waals surface area (Å²) in [5, 5.41) is 0. The van der Waals surface area contributed by atoms with Crippen molar-refractivity contribution in [1.29, 1.82) is 0 Å². The Balaban J connectivity index is 1.48. The number of hydrogen-bond donors (Lipinski definition) is 0. The molecule has 4 heteroatoms. The van der Waals surface area contributed by atoms with E-state index < -0.39 is 5.60 Å². The van der Waals surface area contributed by atoms with Gasteiger partial charge in [0.15, 0.2) is 5.60 Å². The van der Waals surface area contributed by atoms with Crippen LogP contribution in [0.25, 0.3) is 0 Å². The van der Waals surface area contributed by atoms with Gasteiger partial charge in [0.05, 0.1) is 12.2 Å². The van der Waals surface area contributed by atoms with E-state index in [9.17, 15) is 4.79 Å². The molecule has 4 nitrogen and oxygen atoms in total. The minimum Gasteiger partial charge on any atom is -0.457 e. The quantitative estimate of drug-likeness (QED) is 0.576. The van der Waals surface area contributed by atoms with Crippen molar-refractivity contribution in [2.75, 3.05) is 0 Å². The number of carbonyl (C=O) groups excluding carboxylic acids is 1. The summed E-state index contributed by atoms with van der Waals surface area (Å²) in [5.41, 5.74) is -1.32. The SMILES string of the molecule is CC1CCC[C@]2(C(=O)OC3(C)CCC4OC4C3)OC12C. The van der Waals surface area contributed by atoms with Crippen LogP contribution < -0.4 is 0 Å². The molecule has 112 valence electrons. The Morgan fingerprint density at radius 2 is 2.00 bits per heavy atom. The third kappa shape index (κ3) is 1.64. The Hall–Kier alpha value is -0.610. The molecule has 0 radical (unpaired) electrons. The van der Waals surface area contributed by atoms with Crippen LogP contribution in [0, 0.1) is 5.92 Å². The smallest absolute Gasteiger partial charge is 0.342 e. The van der Waals surface area contributed by atoms with Crippen LogP contribution in [-0.2, 0) is 19.0 Å². The van der Waals surface area contributed by atoms with Gasteiger partial charge < -0.3 is 14.2 Å². The van der Waals surface area contributed by atoms with Gasteiger partial charge in [-0.1, -0.05) is 6.92 Å². The largest absolute Gasteiger partial charge is 0.457 e. The number of carbonyl (C=O) groups is 1. The average Bonchev–Trinajstić information content (AvgIpc) is 3.24. The first-order valence-corrected chi connectivity index (χ1v) is 7.98. The zero-order valence-corrected chi connectivity index (χ0v) is 12.6. The van der Waals surface area contributed by atoms with Crippen LogP contribution in [0.4, 0.5) is 0 Å². The predicted octanol–water partition coefficient (Wildman–Crippen LogP) is 2.59. The zero-order valence-electron chi connectivity index (χ0n) is 12.6. The number of esters is 1. The Labute approximate surface area is 120 Å². The van der Waals surface area contributed by atoms with Gasteiger partial charge in [-0.05, 0) is 51.9 Å². The molecule has 2 aliphatic carbocycles. The van der Waals surface area contributed by atoms with Crippen LogP contribution in [-0.4, -0.2) is 35.0 Å². The second-order valence-electron chi connectivity index (χ2n) is 7.62. The van der Waals surface area contributed by atoms with E-state index in [1.807, 2.05) is 6.92 Å². The molecule has 0 amide bonds. The van der Waals surface area contributed by atoms with Crippen LogP contribution in [0.2, 0.25) is 0 Å². The van der Waals surface area contributed by atoms with Gasteiger partial charge in [0, 0.05) is 6.42 Å². The van der Waals surface area contributed by atoms with Crippen LogP contribution in [0.1, 0.15) is 59.3 Å². The van der Waals surface area contributed by atoms with E-state index in [2.05, 4.69) is 13.8 Å². The van der Waals surface area contributed by atoms with E-state index >= 15 is 0 Å². The van der Waals surface area contributed by atoms with Gasteiger partial charge in [-0.2, -0.15) is 0 Å². The molecule has 0 aromatic carbocycles. The summed E-state index contributed by atoms with van der Waals surface area (Å²) < 4.78 is 17.4. The number of epoxide rings is 2. The summed E-state index contributed by atoms with van der Waals surface area (Å²) in [7, 11) is 0. The fourth-order valence-corrected chi connectivity index (χ4v) is 4.40. The van der Waals surface area contributed by atoms with Crippen LogP contribution in [0.5, 0.6) is 0 Å². The number of hydrogen-bond acceptors (Lipinski definition) is 4. The predicted molar refractivity (Wildman–Crippen MR) is 72.2 cm³/mol. The van der Waals surface area contributed by atoms with E-state index in [4.69, 9.17) is 14.2 Å². The molecule has 0 bridgehead atoms. The first-order valence-electron chi connectivity index (χ1n) is 7.98. The maximum absolute atomic E-state index is 12.7. The summed E-state index contributed by atoms with van der Waals surface area (Å²) in [6, 6.07) is 0. The molecular weight excluding hydrogens is 256 g/mol. The Morgan fingerprint density at radius 3 is 2.75 bits per heavy atom. The van der Waals surface area contributed by atoms with Gasteiger partial charge >= 0.3 is 5.97 Å². The number of rotatable bonds is 2. The summed E-state index contributed by atoms with van der Waals surface area (Å²) in [5.74, 6) is 0.298. The molecule has 4 fully saturated rings. The highest BCUT2D eigenvalue weighted by atomic mass is 16.7. The van der Waals surface area contributed by atoms with Crippen molar-refractivity contribution < 1.29 is 19.0 Å². The highest BCUT2D eigenvalue weighted by molar-refractivity contribution is 5.85. The van der Waals surface area contributed by atoms with Gasteiger partial charge in [-0.3, -0.25) is 0 Å². The van der Waals surface area contributed by atoms with Crippen LogP contribution in [0.15, 0.2) is 0 Å². The lowest BCUT2D eigenvalue weighted by Crippen LogP contribution is -2.46. The molecular formula is C16H24O4. The van der Waals surface area contributed by atoms with E-state index in [1.165, 1.54) is 0 Å². The molecule has 0 aromatic rings. The lowest BCUT2D eigenvalue weighted by Gasteiger charge is -2.34. The number of ether oxygens (including phenoxy) is 3. The van der Waals surface area contributed by atoms with Gasteiger partial charge in [0.25, 0.3) is 0 Å². The lowest BCUT2D eigenvalue weighted by molar-refractivity contribution is -0.168. The molecule has 0 N–H and O–H groups in total. The normalized spacial score (nSPS) is 56.5. The van der Waals surface area contributed by atoms with Crippen molar-refractivity contribution in [3.63, 3.8) is 0 Å². The van der Waals surface area contributed by atoms with Crippen molar-refractivity contribution in [2.24, 2.45) is 5.92 Å².